The molecule has 0 aromatic heterocycles. The third-order valence-electron chi connectivity index (χ3n) is 4.85. The van der Waals surface area contributed by atoms with Gasteiger partial charge in [0.1, 0.15) is 5.60 Å². The molecule has 0 saturated carbocycles. The van der Waals surface area contributed by atoms with Gasteiger partial charge in [-0.1, -0.05) is 0 Å². The predicted molar refractivity (Wildman–Crippen MR) is 96.5 cm³/mol. The summed E-state index contributed by atoms with van der Waals surface area (Å²) in [5.41, 5.74) is -0.514. The summed E-state index contributed by atoms with van der Waals surface area (Å²) >= 11 is 0. The maximum atomic E-state index is 12.8. The van der Waals surface area contributed by atoms with E-state index in [0.29, 0.717) is 45.6 Å². The molecule has 2 aliphatic rings. The van der Waals surface area contributed by atoms with Crippen LogP contribution < -0.4 is 0 Å². The van der Waals surface area contributed by atoms with Gasteiger partial charge < -0.3 is 19.3 Å². The van der Waals surface area contributed by atoms with Crippen molar-refractivity contribution in [1.29, 1.82) is 0 Å². The van der Waals surface area contributed by atoms with Gasteiger partial charge in [-0.05, 0) is 53.4 Å². The van der Waals surface area contributed by atoms with E-state index in [9.17, 15) is 14.4 Å². The number of hydrogen-bond acceptors (Lipinski definition) is 5. The van der Waals surface area contributed by atoms with Gasteiger partial charge in [0.05, 0.1) is 12.5 Å². The van der Waals surface area contributed by atoms with E-state index in [2.05, 4.69) is 0 Å². The number of piperidine rings is 2. The SMILES string of the molecule is CCOC(=O)[C@@H]1CCCN(C(=O)C2CCN(C(=O)OC(C)(C)C)CC2)C1. The second kappa shape index (κ2) is 8.73. The smallest absolute Gasteiger partial charge is 0.410 e. The Balaban J connectivity index is 1.84. The zero-order valence-electron chi connectivity index (χ0n) is 16.5. The zero-order valence-corrected chi connectivity index (χ0v) is 16.5. The highest BCUT2D eigenvalue weighted by Gasteiger charge is 2.35. The summed E-state index contributed by atoms with van der Waals surface area (Å²) in [6.07, 6.45) is 2.56. The second-order valence-corrected chi connectivity index (χ2v) is 8.12. The standard InChI is InChI=1S/C19H32N2O5/c1-5-25-17(23)15-7-6-10-21(13-15)16(22)14-8-11-20(12-9-14)18(24)26-19(2,3)4/h14-15H,5-13H2,1-4H3/t15-/m1/s1. The van der Waals surface area contributed by atoms with Crippen LogP contribution in [0.25, 0.3) is 0 Å². The summed E-state index contributed by atoms with van der Waals surface area (Å²) in [7, 11) is 0. The van der Waals surface area contributed by atoms with Crippen LogP contribution in [-0.2, 0) is 19.1 Å². The van der Waals surface area contributed by atoms with Crippen LogP contribution in [-0.4, -0.2) is 66.2 Å². The first-order valence-corrected chi connectivity index (χ1v) is 9.64. The Hall–Kier alpha value is -1.79. The zero-order chi connectivity index (χ0) is 19.3. The molecular formula is C19H32N2O5. The van der Waals surface area contributed by atoms with E-state index >= 15 is 0 Å². The third kappa shape index (κ3) is 5.61. The minimum Gasteiger partial charge on any atom is -0.466 e. The maximum absolute atomic E-state index is 12.8. The number of ether oxygens (including phenoxy) is 2. The average molecular weight is 368 g/mol. The van der Waals surface area contributed by atoms with Crippen LogP contribution in [0.3, 0.4) is 0 Å². The lowest BCUT2D eigenvalue weighted by Gasteiger charge is -2.37. The Morgan fingerprint density at radius 1 is 0.962 bits per heavy atom. The van der Waals surface area contributed by atoms with Gasteiger partial charge in [0.2, 0.25) is 5.91 Å². The normalized spacial score (nSPS) is 22.1. The molecule has 0 N–H and O–H groups in total. The van der Waals surface area contributed by atoms with E-state index in [4.69, 9.17) is 9.47 Å². The molecule has 0 bridgehead atoms. The number of likely N-dealkylation sites (tertiary alicyclic amines) is 2. The molecule has 7 heteroatoms. The van der Waals surface area contributed by atoms with Crippen molar-refractivity contribution >= 4 is 18.0 Å². The van der Waals surface area contributed by atoms with Crippen LogP contribution in [0.2, 0.25) is 0 Å². The quantitative estimate of drug-likeness (QED) is 0.715. The molecule has 0 aromatic carbocycles. The van der Waals surface area contributed by atoms with Crippen molar-refractivity contribution in [1.82, 2.24) is 9.80 Å². The summed E-state index contributed by atoms with van der Waals surface area (Å²) in [4.78, 5) is 40.4. The Morgan fingerprint density at radius 2 is 1.62 bits per heavy atom. The third-order valence-corrected chi connectivity index (χ3v) is 4.85. The molecule has 2 heterocycles. The lowest BCUT2D eigenvalue weighted by Crippen LogP contribution is -2.49. The van der Waals surface area contributed by atoms with Crippen molar-refractivity contribution in [2.45, 2.75) is 59.0 Å². The summed E-state index contributed by atoms with van der Waals surface area (Å²) in [6.45, 7) is 9.90. The first-order valence-electron chi connectivity index (χ1n) is 9.64. The van der Waals surface area contributed by atoms with Crippen molar-refractivity contribution in [2.75, 3.05) is 32.8 Å². The highest BCUT2D eigenvalue weighted by Crippen LogP contribution is 2.25. The molecule has 1 atom stereocenters. The minimum absolute atomic E-state index is 0.0883. The number of esters is 1. The molecule has 26 heavy (non-hydrogen) atoms. The molecule has 148 valence electrons. The molecule has 2 saturated heterocycles. The van der Waals surface area contributed by atoms with E-state index < -0.39 is 5.60 Å². The predicted octanol–water partition coefficient (Wildman–Crippen LogP) is 2.44. The van der Waals surface area contributed by atoms with Gasteiger partial charge in [-0.2, -0.15) is 0 Å². The van der Waals surface area contributed by atoms with Crippen molar-refractivity contribution in [2.24, 2.45) is 11.8 Å². The Labute approximate surface area is 156 Å². The number of rotatable bonds is 3. The summed E-state index contributed by atoms with van der Waals surface area (Å²) in [6, 6.07) is 0. The molecule has 2 amide bonds. The fourth-order valence-corrected chi connectivity index (χ4v) is 3.52. The van der Waals surface area contributed by atoms with Gasteiger partial charge in [0.25, 0.3) is 0 Å². The van der Waals surface area contributed by atoms with Gasteiger partial charge in [-0.15, -0.1) is 0 Å². The number of carbonyl (C=O) groups is 3. The molecule has 2 fully saturated rings. The van der Waals surface area contributed by atoms with Crippen molar-refractivity contribution < 1.29 is 23.9 Å². The second-order valence-electron chi connectivity index (χ2n) is 8.12. The summed E-state index contributed by atoms with van der Waals surface area (Å²) < 4.78 is 10.5. The Bertz CT molecular complexity index is 521. The summed E-state index contributed by atoms with van der Waals surface area (Å²) in [5, 5.41) is 0. The topological polar surface area (TPSA) is 76.2 Å². The fraction of sp³-hybridized carbons (Fsp3) is 0.842. The molecule has 0 unspecified atom stereocenters. The highest BCUT2D eigenvalue weighted by molar-refractivity contribution is 5.81. The van der Waals surface area contributed by atoms with Gasteiger partial charge in [-0.3, -0.25) is 9.59 Å². The van der Waals surface area contributed by atoms with Crippen LogP contribution in [0.5, 0.6) is 0 Å². The van der Waals surface area contributed by atoms with Crippen LogP contribution in [0, 0.1) is 11.8 Å². The first kappa shape index (κ1) is 20.5. The lowest BCUT2D eigenvalue weighted by atomic mass is 9.92. The Kier molecular flexibility index (Phi) is 6.89. The van der Waals surface area contributed by atoms with E-state index in [1.807, 2.05) is 20.8 Å². The van der Waals surface area contributed by atoms with Crippen molar-refractivity contribution in [3.63, 3.8) is 0 Å². The number of carbonyl (C=O) groups excluding carboxylic acids is 3. The summed E-state index contributed by atoms with van der Waals surface area (Å²) in [5.74, 6) is -0.406. The monoisotopic (exact) mass is 368 g/mol. The number of hydrogen-bond donors (Lipinski definition) is 0. The Morgan fingerprint density at radius 3 is 2.19 bits per heavy atom. The van der Waals surface area contributed by atoms with Crippen molar-refractivity contribution in [3.05, 3.63) is 0 Å². The van der Waals surface area contributed by atoms with Gasteiger partial charge >= 0.3 is 12.1 Å². The van der Waals surface area contributed by atoms with Crippen LogP contribution in [0.15, 0.2) is 0 Å². The number of nitrogens with zero attached hydrogens (tertiary/aromatic N) is 2. The van der Waals surface area contributed by atoms with Crippen LogP contribution in [0.4, 0.5) is 4.79 Å². The highest BCUT2D eigenvalue weighted by atomic mass is 16.6. The largest absolute Gasteiger partial charge is 0.466 e. The fourth-order valence-electron chi connectivity index (χ4n) is 3.52. The average Bonchev–Trinajstić information content (AvgIpc) is 2.60. The van der Waals surface area contributed by atoms with Crippen molar-refractivity contribution in [3.8, 4) is 0 Å². The lowest BCUT2D eigenvalue weighted by molar-refractivity contribution is -0.152. The maximum Gasteiger partial charge on any atom is 0.410 e. The molecule has 2 rings (SSSR count). The molecule has 0 spiro atoms. The molecule has 0 radical (unpaired) electrons. The van der Waals surface area contributed by atoms with Crippen LogP contribution >= 0.6 is 0 Å². The number of amides is 2. The first-order chi connectivity index (χ1) is 12.2. The van der Waals surface area contributed by atoms with E-state index in [1.54, 1.807) is 16.7 Å². The molecular weight excluding hydrogens is 336 g/mol. The van der Waals surface area contributed by atoms with Gasteiger partial charge in [0, 0.05) is 32.1 Å². The van der Waals surface area contributed by atoms with Gasteiger partial charge in [0.15, 0.2) is 0 Å². The van der Waals surface area contributed by atoms with E-state index in [0.717, 1.165) is 12.8 Å². The minimum atomic E-state index is -0.514. The molecule has 0 aliphatic carbocycles. The molecule has 2 aliphatic heterocycles. The van der Waals surface area contributed by atoms with Crippen LogP contribution in [0.1, 0.15) is 53.4 Å². The van der Waals surface area contributed by atoms with E-state index in [-0.39, 0.29) is 29.8 Å². The van der Waals surface area contributed by atoms with Gasteiger partial charge in [-0.25, -0.2) is 4.79 Å². The molecule has 7 nitrogen and oxygen atoms in total. The molecule has 0 aromatic rings. The van der Waals surface area contributed by atoms with E-state index in [1.165, 1.54) is 0 Å².